The van der Waals surface area contributed by atoms with Gasteiger partial charge in [-0.3, -0.25) is 0 Å². The second-order valence-corrected chi connectivity index (χ2v) is 13.6. The minimum atomic E-state index is 0.905. The van der Waals surface area contributed by atoms with Crippen LogP contribution in [0.25, 0.3) is 77.2 Å². The summed E-state index contributed by atoms with van der Waals surface area (Å²) >= 11 is 0. The van der Waals surface area contributed by atoms with Crippen LogP contribution in [0.1, 0.15) is 0 Å². The molecule has 54 heavy (non-hydrogen) atoms. The average Bonchev–Trinajstić information content (AvgIpc) is 3.64. The van der Waals surface area contributed by atoms with Crippen molar-refractivity contribution in [2.24, 2.45) is 0 Å². The molecule has 0 aliphatic heterocycles. The second-order valence-electron chi connectivity index (χ2n) is 13.6. The standard InChI is InChI=1S/C52H35NO/c1-2-16-36(17-3-1)40-20-6-7-22-43(40)44-23-8-9-24-45(44)46-25-10-12-29-50(46)53(49-30-14-19-37-18-4-5-21-41(37)49)39-34-32-38(33-35-39)42-27-15-28-48-47-26-11-13-31-51(47)54-52(42)48/h1-35H. The van der Waals surface area contributed by atoms with Gasteiger partial charge in [-0.05, 0) is 69.1 Å². The van der Waals surface area contributed by atoms with E-state index >= 15 is 0 Å². The monoisotopic (exact) mass is 689 g/mol. The van der Waals surface area contributed by atoms with Gasteiger partial charge in [0, 0.05) is 33.0 Å². The Hall–Kier alpha value is -7.16. The third-order valence-electron chi connectivity index (χ3n) is 10.5. The van der Waals surface area contributed by atoms with E-state index in [2.05, 4.69) is 205 Å². The van der Waals surface area contributed by atoms with Crippen molar-refractivity contribution in [3.63, 3.8) is 0 Å². The SMILES string of the molecule is c1ccc(-c2ccccc2-c2ccccc2-c2ccccc2N(c2ccc(-c3cccc4c3oc3ccccc34)cc2)c2cccc3ccccc23)cc1. The molecule has 1 aromatic heterocycles. The molecule has 2 nitrogen and oxygen atoms in total. The number of hydrogen-bond donors (Lipinski definition) is 0. The van der Waals surface area contributed by atoms with Gasteiger partial charge in [0.05, 0.1) is 11.4 Å². The zero-order chi connectivity index (χ0) is 35.8. The Morgan fingerprint density at radius 1 is 0.296 bits per heavy atom. The highest BCUT2D eigenvalue weighted by molar-refractivity contribution is 6.10. The molecule has 9 aromatic carbocycles. The molecule has 0 bridgehead atoms. The highest BCUT2D eigenvalue weighted by atomic mass is 16.3. The van der Waals surface area contributed by atoms with Gasteiger partial charge in [-0.25, -0.2) is 0 Å². The smallest absolute Gasteiger partial charge is 0.143 e. The van der Waals surface area contributed by atoms with Crippen LogP contribution in [-0.2, 0) is 0 Å². The minimum Gasteiger partial charge on any atom is -0.455 e. The lowest BCUT2D eigenvalue weighted by Gasteiger charge is -2.29. The summed E-state index contributed by atoms with van der Waals surface area (Å²) in [5, 5.41) is 4.65. The first-order chi connectivity index (χ1) is 26.8. The number of anilines is 3. The molecule has 10 aromatic rings. The second kappa shape index (κ2) is 13.4. The summed E-state index contributed by atoms with van der Waals surface area (Å²) in [6.07, 6.45) is 0. The van der Waals surface area contributed by atoms with E-state index in [9.17, 15) is 0 Å². The molecule has 0 unspecified atom stereocenters. The van der Waals surface area contributed by atoms with Crippen LogP contribution in [0.15, 0.2) is 217 Å². The van der Waals surface area contributed by atoms with E-state index in [1.807, 2.05) is 12.1 Å². The Morgan fingerprint density at radius 2 is 0.796 bits per heavy atom. The summed E-state index contributed by atoms with van der Waals surface area (Å²) < 4.78 is 6.44. The largest absolute Gasteiger partial charge is 0.455 e. The quantitative estimate of drug-likeness (QED) is 0.166. The number of benzene rings is 9. The summed E-state index contributed by atoms with van der Waals surface area (Å²) in [5.74, 6) is 0. The molecule has 0 saturated heterocycles. The average molecular weight is 690 g/mol. The lowest BCUT2D eigenvalue weighted by atomic mass is 9.88. The Labute approximate surface area is 314 Å². The molecule has 0 fully saturated rings. The van der Waals surface area contributed by atoms with Crippen LogP contribution in [-0.4, -0.2) is 0 Å². The molecule has 254 valence electrons. The van der Waals surface area contributed by atoms with E-state index in [1.165, 1.54) is 38.6 Å². The van der Waals surface area contributed by atoms with Crippen molar-refractivity contribution in [1.82, 2.24) is 0 Å². The lowest BCUT2D eigenvalue weighted by molar-refractivity contribution is 0.670. The fraction of sp³-hybridized carbons (Fsp3) is 0. The summed E-state index contributed by atoms with van der Waals surface area (Å²) in [7, 11) is 0. The zero-order valence-electron chi connectivity index (χ0n) is 29.6. The van der Waals surface area contributed by atoms with Gasteiger partial charge >= 0.3 is 0 Å². The fourth-order valence-corrected chi connectivity index (χ4v) is 8.01. The van der Waals surface area contributed by atoms with Gasteiger partial charge in [0.25, 0.3) is 0 Å². The van der Waals surface area contributed by atoms with Gasteiger partial charge in [-0.2, -0.15) is 0 Å². The van der Waals surface area contributed by atoms with E-state index < -0.39 is 0 Å². The van der Waals surface area contributed by atoms with Crippen LogP contribution in [0.2, 0.25) is 0 Å². The van der Waals surface area contributed by atoms with Crippen molar-refractivity contribution < 1.29 is 4.42 Å². The van der Waals surface area contributed by atoms with Gasteiger partial charge < -0.3 is 9.32 Å². The van der Waals surface area contributed by atoms with Gasteiger partial charge in [-0.1, -0.05) is 182 Å². The maximum absolute atomic E-state index is 6.44. The normalized spacial score (nSPS) is 11.3. The Balaban J connectivity index is 1.16. The Morgan fingerprint density at radius 3 is 1.59 bits per heavy atom. The number of hydrogen-bond acceptors (Lipinski definition) is 2. The van der Waals surface area contributed by atoms with Crippen LogP contribution in [0.3, 0.4) is 0 Å². The lowest BCUT2D eigenvalue weighted by Crippen LogP contribution is -2.12. The van der Waals surface area contributed by atoms with Crippen LogP contribution in [0.4, 0.5) is 17.1 Å². The fourth-order valence-electron chi connectivity index (χ4n) is 8.01. The molecule has 2 heteroatoms. The van der Waals surface area contributed by atoms with E-state index in [0.717, 1.165) is 55.7 Å². The van der Waals surface area contributed by atoms with Gasteiger partial charge in [-0.15, -0.1) is 0 Å². The first kappa shape index (κ1) is 31.6. The zero-order valence-corrected chi connectivity index (χ0v) is 29.6. The number of para-hydroxylation sites is 3. The maximum atomic E-state index is 6.44. The van der Waals surface area contributed by atoms with Crippen LogP contribution in [0.5, 0.6) is 0 Å². The predicted octanol–water partition coefficient (Wildman–Crippen LogP) is 14.9. The van der Waals surface area contributed by atoms with Crippen molar-refractivity contribution in [2.45, 2.75) is 0 Å². The first-order valence-corrected chi connectivity index (χ1v) is 18.4. The molecule has 0 saturated carbocycles. The summed E-state index contributed by atoms with van der Waals surface area (Å²) in [6.45, 7) is 0. The van der Waals surface area contributed by atoms with Crippen molar-refractivity contribution >= 4 is 49.8 Å². The van der Waals surface area contributed by atoms with Crippen molar-refractivity contribution in [3.8, 4) is 44.5 Å². The summed E-state index contributed by atoms with van der Waals surface area (Å²) in [6, 6.07) is 75.9. The highest BCUT2D eigenvalue weighted by Crippen LogP contribution is 2.47. The number of nitrogens with zero attached hydrogens (tertiary/aromatic N) is 1. The summed E-state index contributed by atoms with van der Waals surface area (Å²) in [5.41, 5.74) is 14.4. The predicted molar refractivity (Wildman–Crippen MR) is 228 cm³/mol. The van der Waals surface area contributed by atoms with Gasteiger partial charge in [0.2, 0.25) is 0 Å². The molecule has 0 aliphatic rings. The van der Waals surface area contributed by atoms with Crippen LogP contribution < -0.4 is 4.90 Å². The van der Waals surface area contributed by atoms with E-state index in [1.54, 1.807) is 0 Å². The maximum Gasteiger partial charge on any atom is 0.143 e. The van der Waals surface area contributed by atoms with Crippen molar-refractivity contribution in [3.05, 3.63) is 212 Å². The topological polar surface area (TPSA) is 16.4 Å². The third kappa shape index (κ3) is 5.44. The molecular weight excluding hydrogens is 655 g/mol. The molecule has 1 heterocycles. The van der Waals surface area contributed by atoms with E-state index in [4.69, 9.17) is 4.42 Å². The third-order valence-corrected chi connectivity index (χ3v) is 10.5. The molecule has 0 spiro atoms. The highest BCUT2D eigenvalue weighted by Gasteiger charge is 2.22. The van der Waals surface area contributed by atoms with Gasteiger partial charge in [0.1, 0.15) is 11.2 Å². The molecule has 0 radical (unpaired) electrons. The molecule has 0 N–H and O–H groups in total. The van der Waals surface area contributed by atoms with E-state index in [-0.39, 0.29) is 0 Å². The Bertz CT molecular complexity index is 2930. The van der Waals surface area contributed by atoms with Crippen molar-refractivity contribution in [2.75, 3.05) is 4.90 Å². The first-order valence-electron chi connectivity index (χ1n) is 18.4. The summed E-state index contributed by atoms with van der Waals surface area (Å²) in [4.78, 5) is 2.42. The van der Waals surface area contributed by atoms with Crippen LogP contribution >= 0.6 is 0 Å². The van der Waals surface area contributed by atoms with Gasteiger partial charge in [0.15, 0.2) is 0 Å². The molecule has 0 aliphatic carbocycles. The van der Waals surface area contributed by atoms with Crippen molar-refractivity contribution in [1.29, 1.82) is 0 Å². The Kier molecular flexibility index (Phi) is 7.85. The number of rotatable bonds is 7. The molecule has 10 rings (SSSR count). The molecule has 0 amide bonds. The van der Waals surface area contributed by atoms with Crippen LogP contribution in [0, 0.1) is 0 Å². The number of furan rings is 1. The molecule has 0 atom stereocenters. The van der Waals surface area contributed by atoms with E-state index in [0.29, 0.717) is 0 Å². The molecular formula is C52H35NO. The minimum absolute atomic E-state index is 0.905. The number of fused-ring (bicyclic) bond motifs is 4.